The van der Waals surface area contributed by atoms with E-state index in [2.05, 4.69) is 53.1 Å². The lowest BCUT2D eigenvalue weighted by atomic mass is 10.0. The molecule has 0 saturated carbocycles. The Kier molecular flexibility index (Phi) is 8.60. The van der Waals surface area contributed by atoms with Crippen molar-refractivity contribution in [3.63, 3.8) is 0 Å². The van der Waals surface area contributed by atoms with E-state index in [1.54, 1.807) is 0 Å². The maximum absolute atomic E-state index is 5.50. The highest BCUT2D eigenvalue weighted by atomic mass is 16.5. The highest BCUT2D eigenvalue weighted by Crippen LogP contribution is 2.15. The molecule has 1 atom stereocenters. The molecule has 26 heavy (non-hydrogen) atoms. The van der Waals surface area contributed by atoms with Crippen LogP contribution in [0.4, 0.5) is 0 Å². The van der Waals surface area contributed by atoms with Gasteiger partial charge in [-0.2, -0.15) is 0 Å². The molecule has 2 N–H and O–H groups in total. The molecule has 0 aromatic rings. The summed E-state index contributed by atoms with van der Waals surface area (Å²) in [7, 11) is 1.84. The molecule has 2 rings (SSSR count). The summed E-state index contributed by atoms with van der Waals surface area (Å²) in [5.74, 6) is 1.47. The zero-order valence-electron chi connectivity index (χ0n) is 17.4. The van der Waals surface area contributed by atoms with E-state index >= 15 is 0 Å². The van der Waals surface area contributed by atoms with Crippen LogP contribution >= 0.6 is 0 Å². The minimum absolute atomic E-state index is 0.0725. The van der Waals surface area contributed by atoms with Crippen molar-refractivity contribution in [1.82, 2.24) is 20.4 Å². The second kappa shape index (κ2) is 10.4. The number of hydrogen-bond acceptors (Lipinski definition) is 5. The maximum atomic E-state index is 5.50. The topological polar surface area (TPSA) is 61.4 Å². The number of guanidine groups is 1. The van der Waals surface area contributed by atoms with E-state index in [1.165, 1.54) is 0 Å². The Hall–Kier alpha value is -0.890. The lowest BCUT2D eigenvalue weighted by Crippen LogP contribution is -2.57. The van der Waals surface area contributed by atoms with Gasteiger partial charge in [-0.1, -0.05) is 13.8 Å². The van der Waals surface area contributed by atoms with Crippen LogP contribution in [0.5, 0.6) is 0 Å². The first-order chi connectivity index (χ1) is 12.4. The normalized spacial score (nSPS) is 22.5. The van der Waals surface area contributed by atoms with Crippen LogP contribution in [0.2, 0.25) is 0 Å². The van der Waals surface area contributed by atoms with Gasteiger partial charge in [-0.3, -0.25) is 14.8 Å². The summed E-state index contributed by atoms with van der Waals surface area (Å²) in [4.78, 5) is 9.44. The van der Waals surface area contributed by atoms with Crippen molar-refractivity contribution in [2.75, 3.05) is 72.7 Å². The molecule has 1 unspecified atom stereocenters. The van der Waals surface area contributed by atoms with Gasteiger partial charge in [-0.15, -0.1) is 0 Å². The second-order valence-corrected chi connectivity index (χ2v) is 8.18. The zero-order valence-corrected chi connectivity index (χ0v) is 17.4. The molecule has 7 nitrogen and oxygen atoms in total. The Bertz CT molecular complexity index is 430. The summed E-state index contributed by atoms with van der Waals surface area (Å²) in [6.07, 6.45) is 0. The number of ether oxygens (including phenoxy) is 2. The predicted molar refractivity (Wildman–Crippen MR) is 107 cm³/mol. The van der Waals surface area contributed by atoms with E-state index in [9.17, 15) is 0 Å². The van der Waals surface area contributed by atoms with Crippen molar-refractivity contribution in [2.24, 2.45) is 10.9 Å². The predicted octanol–water partition coefficient (Wildman–Crippen LogP) is 0.619. The summed E-state index contributed by atoms with van der Waals surface area (Å²) >= 11 is 0. The van der Waals surface area contributed by atoms with Crippen molar-refractivity contribution in [3.05, 3.63) is 0 Å². The second-order valence-electron chi connectivity index (χ2n) is 8.18. The van der Waals surface area contributed by atoms with Crippen LogP contribution in [0.25, 0.3) is 0 Å². The van der Waals surface area contributed by atoms with Gasteiger partial charge in [-0.05, 0) is 19.8 Å². The third-order valence-electron chi connectivity index (χ3n) is 5.54. The Labute approximate surface area is 159 Å². The number of nitrogens with zero attached hydrogens (tertiary/aromatic N) is 3. The first-order valence-electron chi connectivity index (χ1n) is 10.0. The van der Waals surface area contributed by atoms with Crippen LogP contribution in [0.1, 0.15) is 27.7 Å². The molecule has 7 heteroatoms. The molecular weight excluding hydrogens is 330 g/mol. The molecule has 0 spiro atoms. The molecule has 2 aliphatic heterocycles. The number of rotatable bonds is 7. The Balaban J connectivity index is 1.81. The van der Waals surface area contributed by atoms with Crippen LogP contribution < -0.4 is 10.6 Å². The van der Waals surface area contributed by atoms with Crippen molar-refractivity contribution in [3.8, 4) is 0 Å². The zero-order chi connectivity index (χ0) is 19.0. The van der Waals surface area contributed by atoms with Crippen molar-refractivity contribution in [2.45, 2.75) is 39.3 Å². The van der Waals surface area contributed by atoms with Crippen LogP contribution in [0.3, 0.4) is 0 Å². The molecule has 2 saturated heterocycles. The van der Waals surface area contributed by atoms with Crippen LogP contribution in [-0.4, -0.2) is 100 Å². The van der Waals surface area contributed by atoms with Crippen LogP contribution in [-0.2, 0) is 9.47 Å². The number of hydrogen-bond donors (Lipinski definition) is 2. The van der Waals surface area contributed by atoms with Crippen molar-refractivity contribution < 1.29 is 9.47 Å². The molecule has 0 aromatic heterocycles. The smallest absolute Gasteiger partial charge is 0.191 e. The fraction of sp³-hybridized carbons (Fsp3) is 0.947. The van der Waals surface area contributed by atoms with Crippen molar-refractivity contribution in [1.29, 1.82) is 0 Å². The molecule has 0 amide bonds. The summed E-state index contributed by atoms with van der Waals surface area (Å²) in [6.45, 7) is 18.2. The van der Waals surface area contributed by atoms with Crippen molar-refractivity contribution >= 4 is 5.96 Å². The van der Waals surface area contributed by atoms with Gasteiger partial charge >= 0.3 is 0 Å². The molecule has 2 fully saturated rings. The summed E-state index contributed by atoms with van der Waals surface area (Å²) in [6, 6.07) is 0.490. The van der Waals surface area contributed by atoms with E-state index in [0.29, 0.717) is 12.0 Å². The lowest BCUT2D eigenvalue weighted by Gasteiger charge is -2.41. The Morgan fingerprint density at radius 3 is 2.12 bits per heavy atom. The molecule has 0 radical (unpaired) electrons. The van der Waals surface area contributed by atoms with E-state index in [0.717, 1.165) is 71.7 Å². The van der Waals surface area contributed by atoms with Gasteiger partial charge in [0.05, 0.1) is 26.4 Å². The summed E-state index contributed by atoms with van der Waals surface area (Å²) < 4.78 is 11.0. The van der Waals surface area contributed by atoms with E-state index in [1.807, 2.05) is 7.05 Å². The minimum Gasteiger partial charge on any atom is -0.379 e. The fourth-order valence-electron chi connectivity index (χ4n) is 3.70. The molecule has 0 bridgehead atoms. The maximum Gasteiger partial charge on any atom is 0.191 e. The molecule has 152 valence electrons. The van der Waals surface area contributed by atoms with Gasteiger partial charge in [0.25, 0.3) is 0 Å². The first-order valence-corrected chi connectivity index (χ1v) is 10.0. The van der Waals surface area contributed by atoms with Gasteiger partial charge in [0, 0.05) is 57.9 Å². The highest BCUT2D eigenvalue weighted by Gasteiger charge is 2.29. The number of nitrogens with one attached hydrogen (secondary N) is 2. The number of morpholine rings is 2. The minimum atomic E-state index is 0.0725. The van der Waals surface area contributed by atoms with E-state index < -0.39 is 0 Å². The fourth-order valence-corrected chi connectivity index (χ4v) is 3.70. The third kappa shape index (κ3) is 6.37. The highest BCUT2D eigenvalue weighted by molar-refractivity contribution is 5.79. The molecule has 0 aliphatic carbocycles. The molecule has 2 aliphatic rings. The van der Waals surface area contributed by atoms with E-state index in [-0.39, 0.29) is 5.54 Å². The van der Waals surface area contributed by atoms with Crippen LogP contribution in [0, 0.1) is 5.92 Å². The Morgan fingerprint density at radius 1 is 1.00 bits per heavy atom. The standard InChI is InChI=1S/C19H39N5O2/c1-16(2)17(23-6-10-25-11-7-23)14-21-18(20-5)22-15-19(3,4)24-8-12-26-13-9-24/h16-17H,6-15H2,1-5H3,(H2,20,21,22). The molecular formula is C19H39N5O2. The lowest BCUT2D eigenvalue weighted by molar-refractivity contribution is -0.00839. The van der Waals surface area contributed by atoms with Gasteiger partial charge < -0.3 is 20.1 Å². The van der Waals surface area contributed by atoms with Gasteiger partial charge in [0.1, 0.15) is 0 Å². The average Bonchev–Trinajstić information content (AvgIpc) is 2.65. The Morgan fingerprint density at radius 2 is 1.58 bits per heavy atom. The molecule has 0 aromatic carbocycles. The molecule has 2 heterocycles. The van der Waals surface area contributed by atoms with E-state index in [4.69, 9.17) is 9.47 Å². The largest absolute Gasteiger partial charge is 0.379 e. The van der Waals surface area contributed by atoms with Crippen LogP contribution in [0.15, 0.2) is 4.99 Å². The average molecular weight is 370 g/mol. The monoisotopic (exact) mass is 369 g/mol. The quantitative estimate of drug-likeness (QED) is 0.507. The van der Waals surface area contributed by atoms with Gasteiger partial charge in [0.15, 0.2) is 5.96 Å². The summed E-state index contributed by atoms with van der Waals surface area (Å²) in [5, 5.41) is 7.05. The SMILES string of the molecule is CN=C(NCC(C(C)C)N1CCOCC1)NCC(C)(C)N1CCOCC1. The number of aliphatic imine (C=N–C) groups is 1. The summed E-state index contributed by atoms with van der Waals surface area (Å²) in [5.41, 5.74) is 0.0725. The van der Waals surface area contributed by atoms with Gasteiger partial charge in [0.2, 0.25) is 0 Å². The third-order valence-corrected chi connectivity index (χ3v) is 5.54. The van der Waals surface area contributed by atoms with Gasteiger partial charge in [-0.25, -0.2) is 0 Å². The first kappa shape index (κ1) is 21.4.